The fraction of sp³-hybridized carbons (Fsp3) is 0.139. The first kappa shape index (κ1) is 30.2. The predicted octanol–water partition coefficient (Wildman–Crippen LogP) is 8.21. The average Bonchev–Trinajstić information content (AvgIpc) is 3.04. The number of amides is 1. The molecular weight excluding hydrogens is 606 g/mol. The third-order valence-corrected chi connectivity index (χ3v) is 9.26. The fourth-order valence-electron chi connectivity index (χ4n) is 5.53. The van der Waals surface area contributed by atoms with Crippen molar-refractivity contribution in [1.82, 2.24) is 0 Å². The summed E-state index contributed by atoms with van der Waals surface area (Å²) in [6.07, 6.45) is -0.588. The van der Waals surface area contributed by atoms with Crippen LogP contribution in [0, 0.1) is 6.92 Å². The molecule has 0 aromatic heterocycles. The van der Waals surface area contributed by atoms with Crippen LogP contribution in [-0.4, -0.2) is 20.9 Å². The Kier molecular flexibility index (Phi) is 8.52. The molecule has 0 fully saturated rings. The minimum Gasteiger partial charge on any atom is -0.494 e. The van der Waals surface area contributed by atoms with Gasteiger partial charge in [-0.3, -0.25) is 14.4 Å². The first-order valence-electron chi connectivity index (χ1n) is 14.6. The third-order valence-electron chi connectivity index (χ3n) is 7.65. The summed E-state index contributed by atoms with van der Waals surface area (Å²) in [7, 11) is -4.00. The zero-order valence-corrected chi connectivity index (χ0v) is 26.4. The molecule has 9 heteroatoms. The number of carbonyl (C=O) groups is 1. The maximum atomic E-state index is 14.6. The van der Waals surface area contributed by atoms with Crippen molar-refractivity contribution in [2.24, 2.45) is 0 Å². The highest BCUT2D eigenvalue weighted by Gasteiger charge is 2.40. The summed E-state index contributed by atoms with van der Waals surface area (Å²) in [5.41, 5.74) is 4.79. The van der Waals surface area contributed by atoms with Gasteiger partial charge in [0.25, 0.3) is 15.9 Å². The van der Waals surface area contributed by atoms with Crippen LogP contribution in [0.1, 0.15) is 40.1 Å². The molecule has 0 saturated heterocycles. The van der Waals surface area contributed by atoms with Gasteiger partial charge in [-0.2, -0.15) is 0 Å². The number of sulfonamides is 1. The number of benzene rings is 5. The Morgan fingerprint density at radius 2 is 1.58 bits per heavy atom. The lowest BCUT2D eigenvalue weighted by Gasteiger charge is -2.46. The van der Waals surface area contributed by atoms with Crippen molar-refractivity contribution in [1.29, 1.82) is 0 Å². The maximum absolute atomic E-state index is 14.6. The zero-order valence-electron chi connectivity index (χ0n) is 24.9. The summed E-state index contributed by atoms with van der Waals surface area (Å²) in [6, 6.07) is 36.5. The summed E-state index contributed by atoms with van der Waals surface area (Å²) in [6.45, 7) is 4.80. The van der Waals surface area contributed by atoms with E-state index in [0.717, 1.165) is 16.7 Å². The SMILES string of the molecule is CCOc1ccc(N2C(=O)c3cc(S(=O)(=O)Nc4ccc(C)cc4)ccc3N(Cc3ccccc3)[C@H]2c2cccc(Cl)c2)cc1. The van der Waals surface area contributed by atoms with Gasteiger partial charge < -0.3 is 9.64 Å². The average molecular weight is 638 g/mol. The minimum atomic E-state index is -4.00. The Hall–Kier alpha value is -4.79. The first-order valence-corrected chi connectivity index (χ1v) is 16.5. The lowest BCUT2D eigenvalue weighted by Crippen LogP contribution is -2.49. The Morgan fingerprint density at radius 3 is 2.27 bits per heavy atom. The Labute approximate surface area is 268 Å². The van der Waals surface area contributed by atoms with Gasteiger partial charge in [0.2, 0.25) is 0 Å². The molecule has 0 bridgehead atoms. The van der Waals surface area contributed by atoms with Crippen molar-refractivity contribution < 1.29 is 17.9 Å². The second-order valence-electron chi connectivity index (χ2n) is 10.8. The second-order valence-corrected chi connectivity index (χ2v) is 12.9. The van der Waals surface area contributed by atoms with Crippen LogP contribution in [0.4, 0.5) is 17.1 Å². The molecule has 0 spiro atoms. The molecule has 1 atom stereocenters. The lowest BCUT2D eigenvalue weighted by molar-refractivity contribution is 0.0968. The van der Waals surface area contributed by atoms with Gasteiger partial charge in [0.15, 0.2) is 0 Å². The number of halogens is 1. The molecule has 228 valence electrons. The molecule has 0 radical (unpaired) electrons. The Bertz CT molecular complexity index is 1930. The summed E-state index contributed by atoms with van der Waals surface area (Å²) in [5.74, 6) is 0.345. The number of aryl methyl sites for hydroxylation is 1. The van der Waals surface area contributed by atoms with Gasteiger partial charge in [0.1, 0.15) is 11.9 Å². The van der Waals surface area contributed by atoms with E-state index in [0.29, 0.717) is 41.0 Å². The molecule has 0 aliphatic carbocycles. The smallest absolute Gasteiger partial charge is 0.262 e. The monoisotopic (exact) mass is 637 g/mol. The van der Waals surface area contributed by atoms with Crippen LogP contribution in [0.15, 0.2) is 126 Å². The normalized spacial score (nSPS) is 14.6. The Balaban J connectivity index is 1.51. The number of rotatable bonds is 9. The van der Waals surface area contributed by atoms with E-state index in [1.807, 2.05) is 98.8 Å². The highest BCUT2D eigenvalue weighted by Crippen LogP contribution is 2.44. The number of carbonyl (C=O) groups excluding carboxylic acids is 1. The van der Waals surface area contributed by atoms with Gasteiger partial charge in [-0.15, -0.1) is 0 Å². The van der Waals surface area contributed by atoms with Crippen molar-refractivity contribution in [3.63, 3.8) is 0 Å². The van der Waals surface area contributed by atoms with Gasteiger partial charge in [-0.1, -0.05) is 71.8 Å². The number of nitrogens with zero attached hydrogens (tertiary/aromatic N) is 2. The lowest BCUT2D eigenvalue weighted by atomic mass is 9.99. The predicted molar refractivity (Wildman–Crippen MR) is 180 cm³/mol. The largest absolute Gasteiger partial charge is 0.494 e. The van der Waals surface area contributed by atoms with Crippen LogP contribution in [0.25, 0.3) is 0 Å². The molecule has 5 aromatic carbocycles. The van der Waals surface area contributed by atoms with Crippen LogP contribution in [0.2, 0.25) is 5.02 Å². The molecule has 45 heavy (non-hydrogen) atoms. The number of hydrogen-bond donors (Lipinski definition) is 1. The van der Waals surface area contributed by atoms with Gasteiger partial charge in [0.05, 0.1) is 22.8 Å². The van der Waals surface area contributed by atoms with Crippen LogP contribution in [0.3, 0.4) is 0 Å². The highest BCUT2D eigenvalue weighted by molar-refractivity contribution is 7.92. The molecule has 1 heterocycles. The second kappa shape index (κ2) is 12.7. The van der Waals surface area contributed by atoms with Gasteiger partial charge in [-0.05, 0) is 91.7 Å². The van der Waals surface area contributed by atoms with E-state index < -0.39 is 16.2 Å². The number of fused-ring (bicyclic) bond motifs is 1. The third kappa shape index (κ3) is 6.38. The van der Waals surface area contributed by atoms with E-state index in [1.54, 1.807) is 35.2 Å². The van der Waals surface area contributed by atoms with Crippen LogP contribution in [-0.2, 0) is 16.6 Å². The summed E-state index contributed by atoms with van der Waals surface area (Å²) >= 11 is 6.49. The van der Waals surface area contributed by atoms with E-state index in [-0.39, 0.29) is 16.4 Å². The quantitative estimate of drug-likeness (QED) is 0.176. The van der Waals surface area contributed by atoms with Crippen molar-refractivity contribution in [3.05, 3.63) is 149 Å². The molecule has 5 aromatic rings. The van der Waals surface area contributed by atoms with Gasteiger partial charge in [-0.25, -0.2) is 8.42 Å². The van der Waals surface area contributed by atoms with Crippen molar-refractivity contribution in [2.45, 2.75) is 31.5 Å². The topological polar surface area (TPSA) is 78.9 Å². The van der Waals surface area contributed by atoms with Gasteiger partial charge in [0, 0.05) is 22.9 Å². The summed E-state index contributed by atoms with van der Waals surface area (Å²) in [4.78, 5) is 18.4. The minimum absolute atomic E-state index is 0.0114. The standard InChI is InChI=1S/C36H32ClN3O4S/c1-3-44-31-18-16-30(17-19-31)40-35(27-10-7-11-28(37)22-27)39(24-26-8-5-4-6-9-26)34-21-20-32(23-33(34)36(40)41)45(42,43)38-29-14-12-25(2)13-15-29/h4-23,35,38H,3,24H2,1-2H3/t35-/m1/s1. The maximum Gasteiger partial charge on any atom is 0.262 e. The van der Waals surface area contributed by atoms with Crippen LogP contribution >= 0.6 is 11.6 Å². The molecule has 0 unspecified atom stereocenters. The summed E-state index contributed by atoms with van der Waals surface area (Å²) in [5, 5.41) is 0.542. The molecule has 6 rings (SSSR count). The number of nitrogens with one attached hydrogen (secondary N) is 1. The van der Waals surface area contributed by atoms with Crippen molar-refractivity contribution in [3.8, 4) is 5.75 Å². The van der Waals surface area contributed by atoms with E-state index in [4.69, 9.17) is 16.3 Å². The molecule has 1 amide bonds. The van der Waals surface area contributed by atoms with Crippen molar-refractivity contribution >= 4 is 44.6 Å². The molecule has 1 aliphatic heterocycles. The molecule has 1 aliphatic rings. The highest BCUT2D eigenvalue weighted by atomic mass is 35.5. The number of ether oxygens (including phenoxy) is 1. The zero-order chi connectivity index (χ0) is 31.6. The van der Waals surface area contributed by atoms with Crippen LogP contribution in [0.5, 0.6) is 5.75 Å². The molecule has 1 N–H and O–H groups in total. The number of hydrogen-bond acceptors (Lipinski definition) is 5. The van der Waals surface area contributed by atoms with E-state index in [9.17, 15) is 13.2 Å². The van der Waals surface area contributed by atoms with E-state index >= 15 is 0 Å². The molecular formula is C36H32ClN3O4S. The Morgan fingerprint density at radius 1 is 0.844 bits per heavy atom. The number of anilines is 3. The fourth-order valence-corrected chi connectivity index (χ4v) is 6.81. The first-order chi connectivity index (χ1) is 21.7. The van der Waals surface area contributed by atoms with Crippen molar-refractivity contribution in [2.75, 3.05) is 21.1 Å². The molecule has 7 nitrogen and oxygen atoms in total. The van der Waals surface area contributed by atoms with Gasteiger partial charge >= 0.3 is 0 Å². The summed E-state index contributed by atoms with van der Waals surface area (Å²) < 4.78 is 35.4. The van der Waals surface area contributed by atoms with E-state index in [1.165, 1.54) is 6.07 Å². The van der Waals surface area contributed by atoms with Crippen LogP contribution < -0.4 is 19.3 Å². The molecule has 0 saturated carbocycles. The van der Waals surface area contributed by atoms with E-state index in [2.05, 4.69) is 9.62 Å².